The van der Waals surface area contributed by atoms with Crippen LogP contribution in [0.2, 0.25) is 0 Å². The van der Waals surface area contributed by atoms with Crippen LogP contribution in [-0.4, -0.2) is 43.4 Å². The molecule has 4 nitrogen and oxygen atoms in total. The minimum atomic E-state index is -0.0730. The fourth-order valence-corrected chi connectivity index (χ4v) is 4.44. The third kappa shape index (κ3) is 24.0. The van der Waals surface area contributed by atoms with Crippen molar-refractivity contribution in [2.24, 2.45) is 0 Å². The molecule has 0 aliphatic carbocycles. The smallest absolute Gasteiger partial charge is 0.305 e. The van der Waals surface area contributed by atoms with Crippen molar-refractivity contribution in [2.75, 3.05) is 26.7 Å². The van der Waals surface area contributed by atoms with E-state index in [1.54, 1.807) is 0 Å². The predicted octanol–water partition coefficient (Wildman–Crippen LogP) is 8.26. The van der Waals surface area contributed by atoms with Crippen molar-refractivity contribution in [1.82, 2.24) is 4.90 Å². The van der Waals surface area contributed by atoms with E-state index in [0.717, 1.165) is 25.7 Å². The van der Waals surface area contributed by atoms with Crippen LogP contribution in [0.1, 0.15) is 149 Å². The molecule has 0 aliphatic heterocycles. The van der Waals surface area contributed by atoms with Crippen molar-refractivity contribution in [3.8, 4) is 0 Å². The Morgan fingerprint density at radius 2 is 0.909 bits per heavy atom. The molecule has 0 heterocycles. The summed E-state index contributed by atoms with van der Waals surface area (Å²) in [6.45, 7) is 7.99. The van der Waals surface area contributed by atoms with Gasteiger partial charge in [-0.2, -0.15) is 0 Å². The lowest BCUT2D eigenvalue weighted by Gasteiger charge is -2.20. The second-order valence-corrected chi connectivity index (χ2v) is 9.77. The quantitative estimate of drug-likeness (QED) is 0.0948. The first-order chi connectivity index (χ1) is 16.1. The van der Waals surface area contributed by atoms with Crippen LogP contribution in [-0.2, 0) is 14.3 Å². The number of methoxy groups -OCH3 is 1. The van der Waals surface area contributed by atoms with Crippen LogP contribution in [0, 0.1) is 0 Å². The van der Waals surface area contributed by atoms with Gasteiger partial charge < -0.3 is 9.64 Å². The molecule has 0 amide bonds. The summed E-state index contributed by atoms with van der Waals surface area (Å²) in [6.07, 6.45) is 25.4. The topological polar surface area (TPSA) is 46.6 Å². The number of hydrogen-bond acceptors (Lipinski definition) is 4. The van der Waals surface area contributed by atoms with Crippen molar-refractivity contribution < 1.29 is 14.3 Å². The molecule has 0 fully saturated rings. The highest BCUT2D eigenvalue weighted by Crippen LogP contribution is 2.13. The van der Waals surface area contributed by atoms with E-state index in [-0.39, 0.29) is 5.97 Å². The van der Waals surface area contributed by atoms with Crippen molar-refractivity contribution >= 4 is 11.8 Å². The molecule has 196 valence electrons. The zero-order chi connectivity index (χ0) is 24.4. The molecule has 0 bridgehead atoms. The summed E-state index contributed by atoms with van der Waals surface area (Å²) in [6, 6.07) is 0. The maximum absolute atomic E-state index is 11.3. The van der Waals surface area contributed by atoms with E-state index < -0.39 is 0 Å². The number of ketones is 1. The molecule has 0 radical (unpaired) electrons. The van der Waals surface area contributed by atoms with E-state index in [1.807, 2.05) is 6.92 Å². The average molecular weight is 468 g/mol. The fourth-order valence-electron chi connectivity index (χ4n) is 4.44. The molecular weight excluding hydrogens is 410 g/mol. The molecule has 0 aromatic rings. The van der Waals surface area contributed by atoms with Gasteiger partial charge in [0, 0.05) is 19.3 Å². The second-order valence-electron chi connectivity index (χ2n) is 9.77. The summed E-state index contributed by atoms with van der Waals surface area (Å²) >= 11 is 0. The van der Waals surface area contributed by atoms with Crippen molar-refractivity contribution in [3.05, 3.63) is 0 Å². The molecule has 0 N–H and O–H groups in total. The van der Waals surface area contributed by atoms with Gasteiger partial charge in [-0.1, -0.05) is 104 Å². The largest absolute Gasteiger partial charge is 0.469 e. The van der Waals surface area contributed by atoms with Gasteiger partial charge in [-0.05, 0) is 45.3 Å². The van der Waals surface area contributed by atoms with E-state index in [4.69, 9.17) is 0 Å². The third-order valence-corrected chi connectivity index (χ3v) is 6.85. The first-order valence-electron chi connectivity index (χ1n) is 14.4. The molecular formula is C29H57NO3. The lowest BCUT2D eigenvalue weighted by Crippen LogP contribution is -2.25. The Labute approximate surface area is 206 Å². The lowest BCUT2D eigenvalue weighted by molar-refractivity contribution is -0.140. The molecule has 0 atom stereocenters. The van der Waals surface area contributed by atoms with Gasteiger partial charge in [-0.15, -0.1) is 0 Å². The zero-order valence-electron chi connectivity index (χ0n) is 22.6. The van der Waals surface area contributed by atoms with E-state index in [9.17, 15) is 9.59 Å². The zero-order valence-corrected chi connectivity index (χ0v) is 22.6. The van der Waals surface area contributed by atoms with Crippen LogP contribution in [0.3, 0.4) is 0 Å². The van der Waals surface area contributed by atoms with Gasteiger partial charge in [-0.3, -0.25) is 9.59 Å². The van der Waals surface area contributed by atoms with Crippen LogP contribution >= 0.6 is 0 Å². The van der Waals surface area contributed by atoms with E-state index in [1.165, 1.54) is 123 Å². The molecule has 0 rings (SSSR count). The predicted molar refractivity (Wildman–Crippen MR) is 142 cm³/mol. The molecule has 0 unspecified atom stereocenters. The van der Waals surface area contributed by atoms with Crippen molar-refractivity contribution in [2.45, 2.75) is 149 Å². The van der Waals surface area contributed by atoms with E-state index in [2.05, 4.69) is 16.6 Å². The molecule has 33 heavy (non-hydrogen) atoms. The lowest BCUT2D eigenvalue weighted by atomic mass is 10.0. The van der Waals surface area contributed by atoms with Gasteiger partial charge in [-0.25, -0.2) is 0 Å². The van der Waals surface area contributed by atoms with Gasteiger partial charge in [0.05, 0.1) is 7.11 Å². The Balaban J connectivity index is 3.33. The summed E-state index contributed by atoms with van der Waals surface area (Å²) in [5.74, 6) is 0.351. The van der Waals surface area contributed by atoms with Gasteiger partial charge >= 0.3 is 5.97 Å². The monoisotopic (exact) mass is 467 g/mol. The number of ether oxygens (including phenoxy) is 1. The Morgan fingerprint density at radius 1 is 0.545 bits per heavy atom. The molecule has 0 spiro atoms. The third-order valence-electron chi connectivity index (χ3n) is 6.85. The number of carbonyl (C=O) groups is 2. The molecule has 0 saturated carbocycles. The Hall–Kier alpha value is -0.900. The molecule has 4 heteroatoms. The van der Waals surface area contributed by atoms with Gasteiger partial charge in [0.1, 0.15) is 5.78 Å². The van der Waals surface area contributed by atoms with Crippen LogP contribution in [0.4, 0.5) is 0 Å². The van der Waals surface area contributed by atoms with Crippen LogP contribution < -0.4 is 0 Å². The Bertz CT molecular complexity index is 401. The standard InChI is InChI=1S/C29H57NO3/c1-4-28(31)24-20-16-12-8-6-10-14-18-22-26-30(5-2)27-23-19-15-11-7-9-13-17-21-25-29(32)33-3/h4-27H2,1-3H3. The van der Waals surface area contributed by atoms with E-state index >= 15 is 0 Å². The number of rotatable bonds is 26. The highest BCUT2D eigenvalue weighted by Gasteiger charge is 2.03. The highest BCUT2D eigenvalue weighted by atomic mass is 16.5. The van der Waals surface area contributed by atoms with Crippen molar-refractivity contribution in [1.29, 1.82) is 0 Å². The van der Waals surface area contributed by atoms with Crippen LogP contribution in [0.25, 0.3) is 0 Å². The highest BCUT2D eigenvalue weighted by molar-refractivity contribution is 5.77. The molecule has 0 saturated heterocycles. The Morgan fingerprint density at radius 3 is 1.27 bits per heavy atom. The number of carbonyl (C=O) groups excluding carboxylic acids is 2. The van der Waals surface area contributed by atoms with Crippen LogP contribution in [0.15, 0.2) is 0 Å². The number of nitrogens with zero attached hydrogens (tertiary/aromatic N) is 1. The van der Waals surface area contributed by atoms with E-state index in [0.29, 0.717) is 18.6 Å². The molecule has 0 aromatic carbocycles. The minimum Gasteiger partial charge on any atom is -0.469 e. The summed E-state index contributed by atoms with van der Waals surface area (Å²) in [4.78, 5) is 25.0. The number of hydrogen-bond donors (Lipinski definition) is 0. The number of Topliss-reactive ketones (excluding diaryl/α,β-unsaturated/α-hetero) is 1. The van der Waals surface area contributed by atoms with Gasteiger partial charge in [0.2, 0.25) is 0 Å². The normalized spacial score (nSPS) is 11.3. The SMILES string of the molecule is CCC(=O)CCCCCCCCCCCN(CC)CCCCCCCCCCCC(=O)OC. The summed E-state index contributed by atoms with van der Waals surface area (Å²) in [5.41, 5.74) is 0. The van der Waals surface area contributed by atoms with Gasteiger partial charge in [0.25, 0.3) is 0 Å². The van der Waals surface area contributed by atoms with Crippen molar-refractivity contribution in [3.63, 3.8) is 0 Å². The summed E-state index contributed by atoms with van der Waals surface area (Å²) < 4.78 is 4.67. The first kappa shape index (κ1) is 32.1. The second kappa shape index (κ2) is 25.7. The average Bonchev–Trinajstić information content (AvgIpc) is 2.83. The summed E-state index contributed by atoms with van der Waals surface area (Å²) in [5, 5.41) is 0. The fraction of sp³-hybridized carbons (Fsp3) is 0.931. The van der Waals surface area contributed by atoms with Crippen LogP contribution in [0.5, 0.6) is 0 Å². The number of esters is 1. The maximum atomic E-state index is 11.3. The minimum absolute atomic E-state index is 0.0730. The molecule has 0 aromatic heterocycles. The van der Waals surface area contributed by atoms with Gasteiger partial charge in [0.15, 0.2) is 0 Å². The Kier molecular flexibility index (Phi) is 25.0. The number of unbranched alkanes of at least 4 members (excludes halogenated alkanes) is 16. The first-order valence-corrected chi connectivity index (χ1v) is 14.4. The summed E-state index contributed by atoms with van der Waals surface area (Å²) in [7, 11) is 1.47. The molecule has 0 aliphatic rings. The maximum Gasteiger partial charge on any atom is 0.305 e.